The number of hydrogen-bond acceptors (Lipinski definition) is 0. The molecule has 0 N–H and O–H groups in total. The molecule has 4 heteroatoms. The summed E-state index contributed by atoms with van der Waals surface area (Å²) in [5, 5.41) is 0. The van der Waals surface area contributed by atoms with E-state index in [2.05, 4.69) is 0 Å². The molecule has 0 aliphatic rings. The van der Waals surface area contributed by atoms with Crippen molar-refractivity contribution in [2.45, 2.75) is 0 Å². The summed E-state index contributed by atoms with van der Waals surface area (Å²) in [6, 6.07) is 0. The van der Waals surface area contributed by atoms with Crippen LogP contribution in [0.15, 0.2) is 0 Å². The average molecular weight is 419 g/mol. The van der Waals surface area contributed by atoms with Gasteiger partial charge in [-0.1, -0.05) is 0 Å². The van der Waals surface area contributed by atoms with E-state index in [0.29, 0.717) is 0 Å². The van der Waals surface area contributed by atoms with E-state index in [4.69, 9.17) is 0 Å². The normalized spacial score (nSPS) is 0. The zero-order chi connectivity index (χ0) is 0. The molecule has 0 atom stereocenters. The summed E-state index contributed by atoms with van der Waals surface area (Å²) < 4.78 is 0. The molecule has 0 heterocycles. The molecular formula is IrO2Pt. The maximum atomic E-state index is 0. The first-order valence-electron chi connectivity index (χ1n) is 0. The Morgan fingerprint density at radius 1 is 0.750 bits per heavy atom. The third kappa shape index (κ3) is 10.5. The van der Waals surface area contributed by atoms with E-state index >= 15 is 0 Å². The molecule has 0 rings (SSSR count). The fraction of sp³-hybridized carbons (Fsp3) is 0. The molecule has 0 spiro atoms. The predicted octanol–water partition coefficient (Wildman–Crippen LogP) is -0.243. The summed E-state index contributed by atoms with van der Waals surface area (Å²) in [5.74, 6) is 0. The maximum absolute atomic E-state index is 0. The van der Waals surface area contributed by atoms with Crippen molar-refractivity contribution >= 4 is 0 Å². The molecule has 0 aliphatic heterocycles. The number of hydrogen-bond donors (Lipinski definition) is 0. The predicted molar refractivity (Wildman–Crippen MR) is 1.37 cm³/mol. The second-order valence-electron chi connectivity index (χ2n) is 0. The second-order valence-corrected chi connectivity index (χ2v) is 0. The third-order valence-corrected chi connectivity index (χ3v) is 0. The Bertz CT molecular complexity index is 6.00. The van der Waals surface area contributed by atoms with Gasteiger partial charge in [-0.3, -0.25) is 0 Å². The molecular weight excluding hydrogens is 419 g/mol. The summed E-state index contributed by atoms with van der Waals surface area (Å²) in [5.41, 5.74) is 0. The Balaban J connectivity index is 0. The van der Waals surface area contributed by atoms with Gasteiger partial charge in [-0.05, 0) is 0 Å². The Morgan fingerprint density at radius 2 is 0.750 bits per heavy atom. The SMILES string of the molecule is [Ir+4].[O-2].[O-2].[Pt]. The second kappa shape index (κ2) is 28.6. The van der Waals surface area contributed by atoms with Crippen LogP contribution in [0, 0.1) is 0 Å². The van der Waals surface area contributed by atoms with Gasteiger partial charge in [-0.2, -0.15) is 0 Å². The van der Waals surface area contributed by atoms with E-state index < -0.39 is 0 Å². The Labute approximate surface area is 52.2 Å². The Hall–Kier alpha value is 1.26. The fourth-order valence-electron chi connectivity index (χ4n) is 0. The van der Waals surface area contributed by atoms with Crippen molar-refractivity contribution in [3.8, 4) is 0 Å². The van der Waals surface area contributed by atoms with Gasteiger partial charge in [0.05, 0.1) is 0 Å². The van der Waals surface area contributed by atoms with Crippen molar-refractivity contribution in [1.82, 2.24) is 0 Å². The largest absolute Gasteiger partial charge is 4.00 e. The molecule has 0 aliphatic carbocycles. The van der Waals surface area contributed by atoms with Crippen molar-refractivity contribution in [2.24, 2.45) is 0 Å². The number of rotatable bonds is 0. The van der Waals surface area contributed by atoms with Crippen molar-refractivity contribution in [1.29, 1.82) is 0 Å². The Kier molecular flexibility index (Phi) is 430. The van der Waals surface area contributed by atoms with E-state index in [1.54, 1.807) is 0 Å². The van der Waals surface area contributed by atoms with Gasteiger partial charge in [0, 0.05) is 21.1 Å². The van der Waals surface area contributed by atoms with Gasteiger partial charge in [-0.25, -0.2) is 0 Å². The van der Waals surface area contributed by atoms with Crippen LogP contribution in [0.25, 0.3) is 0 Å². The van der Waals surface area contributed by atoms with E-state index in [9.17, 15) is 0 Å². The quantitative estimate of drug-likeness (QED) is 0.521. The molecule has 0 unspecified atom stereocenters. The van der Waals surface area contributed by atoms with Crippen molar-refractivity contribution < 1.29 is 52.1 Å². The molecule has 4 heavy (non-hydrogen) atoms. The average Bonchev–Trinajstić information content (AvgIpc) is 0. The molecule has 0 bridgehead atoms. The summed E-state index contributed by atoms with van der Waals surface area (Å²) in [6.45, 7) is 0. The summed E-state index contributed by atoms with van der Waals surface area (Å²) in [4.78, 5) is 0. The first-order chi connectivity index (χ1) is 0. The van der Waals surface area contributed by atoms with E-state index in [1.165, 1.54) is 0 Å². The van der Waals surface area contributed by atoms with Crippen LogP contribution >= 0.6 is 0 Å². The topological polar surface area (TPSA) is 57.0 Å². The molecule has 0 aromatic carbocycles. The zero-order valence-corrected chi connectivity index (χ0v) is 6.13. The van der Waals surface area contributed by atoms with Crippen LogP contribution in [0.4, 0.5) is 0 Å². The van der Waals surface area contributed by atoms with Gasteiger partial charge in [0.2, 0.25) is 0 Å². The van der Waals surface area contributed by atoms with E-state index in [-0.39, 0.29) is 52.1 Å². The van der Waals surface area contributed by atoms with Gasteiger partial charge in [0.1, 0.15) is 0 Å². The van der Waals surface area contributed by atoms with Crippen LogP contribution in [0.3, 0.4) is 0 Å². The van der Waals surface area contributed by atoms with Gasteiger partial charge >= 0.3 is 20.1 Å². The van der Waals surface area contributed by atoms with Crippen LogP contribution in [0.1, 0.15) is 0 Å². The van der Waals surface area contributed by atoms with Crippen LogP contribution < -0.4 is 0 Å². The van der Waals surface area contributed by atoms with Crippen LogP contribution in [0.2, 0.25) is 0 Å². The first-order valence-corrected chi connectivity index (χ1v) is 0. The summed E-state index contributed by atoms with van der Waals surface area (Å²) in [6.07, 6.45) is 0. The first kappa shape index (κ1) is 60.3. The zero-order valence-electron chi connectivity index (χ0n) is 1.47. The molecule has 2 nitrogen and oxygen atoms in total. The summed E-state index contributed by atoms with van der Waals surface area (Å²) in [7, 11) is 0. The van der Waals surface area contributed by atoms with Crippen LogP contribution in [-0.4, -0.2) is 0 Å². The van der Waals surface area contributed by atoms with Crippen molar-refractivity contribution in [3.05, 3.63) is 0 Å². The molecule has 0 fully saturated rings. The minimum absolute atomic E-state index is 0. The molecule has 31 valence electrons. The van der Waals surface area contributed by atoms with Gasteiger partial charge in [0.15, 0.2) is 0 Å². The van der Waals surface area contributed by atoms with Gasteiger partial charge in [0.25, 0.3) is 0 Å². The molecule has 0 aromatic heterocycles. The van der Waals surface area contributed by atoms with Gasteiger partial charge in [-0.15, -0.1) is 0 Å². The molecule has 1 radical (unpaired) electrons. The van der Waals surface area contributed by atoms with E-state index in [0.717, 1.165) is 0 Å². The third-order valence-electron chi connectivity index (χ3n) is 0. The van der Waals surface area contributed by atoms with E-state index in [1.807, 2.05) is 0 Å². The minimum atomic E-state index is 0. The Morgan fingerprint density at radius 3 is 0.750 bits per heavy atom. The fourth-order valence-corrected chi connectivity index (χ4v) is 0. The molecule has 0 saturated carbocycles. The van der Waals surface area contributed by atoms with Crippen LogP contribution in [-0.2, 0) is 52.1 Å². The van der Waals surface area contributed by atoms with Crippen molar-refractivity contribution in [3.63, 3.8) is 0 Å². The molecule has 0 amide bonds. The molecule has 0 saturated heterocycles. The monoisotopic (exact) mass is 420 g/mol. The molecule has 0 aromatic rings. The summed E-state index contributed by atoms with van der Waals surface area (Å²) >= 11 is 0. The smallest absolute Gasteiger partial charge is 2.00 e. The van der Waals surface area contributed by atoms with Crippen LogP contribution in [0.5, 0.6) is 0 Å². The van der Waals surface area contributed by atoms with Crippen molar-refractivity contribution in [2.75, 3.05) is 0 Å². The van der Waals surface area contributed by atoms with Gasteiger partial charge < -0.3 is 11.0 Å². The maximum Gasteiger partial charge on any atom is 4.00 e. The standard InChI is InChI=1S/Ir.2O.Pt/q+4;2*-2;. The minimum Gasteiger partial charge on any atom is -2.00 e.